The van der Waals surface area contributed by atoms with Crippen molar-refractivity contribution in [1.82, 2.24) is 5.32 Å². The van der Waals surface area contributed by atoms with Gasteiger partial charge in [0, 0.05) is 6.54 Å². The average Bonchev–Trinajstić information content (AvgIpc) is 2.59. The Morgan fingerprint density at radius 3 is 2.09 bits per heavy atom. The molecule has 0 aromatic heterocycles. The minimum absolute atomic E-state index is 0.291. The van der Waals surface area contributed by atoms with Crippen LogP contribution in [0, 0.1) is 0 Å². The van der Waals surface area contributed by atoms with Crippen molar-refractivity contribution in [2.24, 2.45) is 0 Å². The van der Waals surface area contributed by atoms with Crippen molar-refractivity contribution in [2.45, 2.75) is 25.3 Å². The number of rotatable bonds is 9. The molecule has 4 heteroatoms. The van der Waals surface area contributed by atoms with Crippen LogP contribution in [0.4, 0.5) is 0 Å². The SMILES string of the molecule is OC[C@@H](O)[C@H](COCc1ccccc1)NCc1ccccc1. The Balaban J connectivity index is 1.81. The molecule has 0 aliphatic carbocycles. The molecule has 0 fully saturated rings. The second-order valence-electron chi connectivity index (χ2n) is 5.22. The maximum Gasteiger partial charge on any atom is 0.0946 e. The van der Waals surface area contributed by atoms with Crippen molar-refractivity contribution >= 4 is 0 Å². The van der Waals surface area contributed by atoms with Gasteiger partial charge in [-0.1, -0.05) is 60.7 Å². The minimum Gasteiger partial charge on any atom is -0.394 e. The smallest absolute Gasteiger partial charge is 0.0946 e. The Labute approximate surface area is 131 Å². The molecule has 0 bridgehead atoms. The molecule has 22 heavy (non-hydrogen) atoms. The summed E-state index contributed by atoms with van der Waals surface area (Å²) in [5.74, 6) is 0. The van der Waals surface area contributed by atoms with Crippen LogP contribution in [0.3, 0.4) is 0 Å². The highest BCUT2D eigenvalue weighted by Gasteiger charge is 2.18. The lowest BCUT2D eigenvalue weighted by atomic mass is 10.1. The van der Waals surface area contributed by atoms with E-state index in [0.29, 0.717) is 19.8 Å². The zero-order valence-electron chi connectivity index (χ0n) is 12.6. The second-order valence-corrected chi connectivity index (χ2v) is 5.22. The number of aliphatic hydroxyl groups excluding tert-OH is 2. The molecular formula is C18H23NO3. The van der Waals surface area contributed by atoms with E-state index in [4.69, 9.17) is 4.74 Å². The first-order valence-electron chi connectivity index (χ1n) is 7.47. The third-order valence-electron chi connectivity index (χ3n) is 3.47. The molecule has 118 valence electrons. The number of aliphatic hydroxyl groups is 2. The summed E-state index contributed by atoms with van der Waals surface area (Å²) in [6.45, 7) is 1.16. The summed E-state index contributed by atoms with van der Waals surface area (Å²) >= 11 is 0. The molecule has 2 aromatic carbocycles. The van der Waals surface area contributed by atoms with Crippen molar-refractivity contribution in [3.05, 3.63) is 71.8 Å². The van der Waals surface area contributed by atoms with Crippen molar-refractivity contribution in [3.63, 3.8) is 0 Å². The number of nitrogens with one attached hydrogen (secondary N) is 1. The maximum atomic E-state index is 9.90. The summed E-state index contributed by atoms with van der Waals surface area (Å²) in [7, 11) is 0. The van der Waals surface area contributed by atoms with E-state index in [-0.39, 0.29) is 12.6 Å². The van der Waals surface area contributed by atoms with Gasteiger partial charge in [0.15, 0.2) is 0 Å². The Morgan fingerprint density at radius 2 is 1.50 bits per heavy atom. The molecule has 0 radical (unpaired) electrons. The van der Waals surface area contributed by atoms with E-state index in [9.17, 15) is 10.2 Å². The van der Waals surface area contributed by atoms with Crippen LogP contribution in [0.15, 0.2) is 60.7 Å². The lowest BCUT2D eigenvalue weighted by Gasteiger charge is -2.23. The van der Waals surface area contributed by atoms with Gasteiger partial charge in [-0.3, -0.25) is 0 Å². The third kappa shape index (κ3) is 5.58. The molecule has 2 atom stereocenters. The van der Waals surface area contributed by atoms with Crippen LogP contribution >= 0.6 is 0 Å². The zero-order chi connectivity index (χ0) is 15.6. The molecular weight excluding hydrogens is 278 g/mol. The van der Waals surface area contributed by atoms with Crippen LogP contribution in [-0.2, 0) is 17.9 Å². The molecule has 2 aromatic rings. The molecule has 0 saturated carbocycles. The highest BCUT2D eigenvalue weighted by atomic mass is 16.5. The Hall–Kier alpha value is -1.72. The van der Waals surface area contributed by atoms with E-state index in [1.165, 1.54) is 0 Å². The van der Waals surface area contributed by atoms with Crippen molar-refractivity contribution < 1.29 is 14.9 Å². The molecule has 0 saturated heterocycles. The van der Waals surface area contributed by atoms with Crippen LogP contribution in [0.25, 0.3) is 0 Å². The van der Waals surface area contributed by atoms with Gasteiger partial charge in [-0.05, 0) is 11.1 Å². The van der Waals surface area contributed by atoms with Crippen LogP contribution in [0.1, 0.15) is 11.1 Å². The van der Waals surface area contributed by atoms with Gasteiger partial charge in [0.1, 0.15) is 0 Å². The fourth-order valence-electron chi connectivity index (χ4n) is 2.16. The quantitative estimate of drug-likeness (QED) is 0.660. The Bertz CT molecular complexity index is 518. The summed E-state index contributed by atoms with van der Waals surface area (Å²) in [5.41, 5.74) is 2.21. The largest absolute Gasteiger partial charge is 0.394 e. The molecule has 2 rings (SSSR count). The lowest BCUT2D eigenvalue weighted by molar-refractivity contribution is 0.0132. The van der Waals surface area contributed by atoms with Gasteiger partial charge in [0.25, 0.3) is 0 Å². The Kier molecular flexibility index (Phi) is 7.06. The highest BCUT2D eigenvalue weighted by Crippen LogP contribution is 2.04. The van der Waals surface area contributed by atoms with Gasteiger partial charge in [-0.25, -0.2) is 0 Å². The number of hydrogen-bond donors (Lipinski definition) is 3. The Morgan fingerprint density at radius 1 is 0.909 bits per heavy atom. The fourth-order valence-corrected chi connectivity index (χ4v) is 2.16. The topological polar surface area (TPSA) is 61.7 Å². The molecule has 0 aliphatic heterocycles. The van der Waals surface area contributed by atoms with E-state index in [2.05, 4.69) is 5.32 Å². The first-order valence-corrected chi connectivity index (χ1v) is 7.47. The van der Waals surface area contributed by atoms with E-state index < -0.39 is 6.10 Å². The molecule has 0 aliphatic rings. The first-order chi connectivity index (χ1) is 10.8. The predicted octanol–water partition coefficient (Wildman–Crippen LogP) is 1.71. The highest BCUT2D eigenvalue weighted by molar-refractivity contribution is 5.15. The predicted molar refractivity (Wildman–Crippen MR) is 86.3 cm³/mol. The lowest BCUT2D eigenvalue weighted by Crippen LogP contribution is -2.44. The first kappa shape index (κ1) is 16.6. The number of benzene rings is 2. The normalized spacial score (nSPS) is 13.7. The minimum atomic E-state index is -0.848. The van der Waals surface area contributed by atoms with Gasteiger partial charge in [-0.15, -0.1) is 0 Å². The number of hydrogen-bond acceptors (Lipinski definition) is 4. The van der Waals surface area contributed by atoms with Crippen molar-refractivity contribution in [1.29, 1.82) is 0 Å². The van der Waals surface area contributed by atoms with Gasteiger partial charge in [-0.2, -0.15) is 0 Å². The summed E-state index contributed by atoms with van der Waals surface area (Å²) in [6, 6.07) is 19.5. The average molecular weight is 301 g/mol. The molecule has 0 heterocycles. The van der Waals surface area contributed by atoms with Crippen molar-refractivity contribution in [3.8, 4) is 0 Å². The van der Waals surface area contributed by atoms with E-state index in [1.807, 2.05) is 60.7 Å². The summed E-state index contributed by atoms with van der Waals surface area (Å²) in [4.78, 5) is 0. The van der Waals surface area contributed by atoms with Gasteiger partial charge < -0.3 is 20.3 Å². The monoisotopic (exact) mass is 301 g/mol. The molecule has 0 spiro atoms. The van der Waals surface area contributed by atoms with Crippen LogP contribution in [0.2, 0.25) is 0 Å². The second kappa shape index (κ2) is 9.33. The van der Waals surface area contributed by atoms with Gasteiger partial charge in [0.05, 0.1) is 32.0 Å². The molecule has 0 unspecified atom stereocenters. The third-order valence-corrected chi connectivity index (χ3v) is 3.47. The van der Waals surface area contributed by atoms with Crippen LogP contribution < -0.4 is 5.32 Å². The summed E-state index contributed by atoms with van der Waals surface area (Å²) in [5, 5.41) is 22.3. The molecule has 3 N–H and O–H groups in total. The molecule has 4 nitrogen and oxygen atoms in total. The maximum absolute atomic E-state index is 9.90. The van der Waals surface area contributed by atoms with E-state index in [0.717, 1.165) is 11.1 Å². The standard InChI is InChI=1S/C18H23NO3/c20-12-18(21)17(19-11-15-7-3-1-4-8-15)14-22-13-16-9-5-2-6-10-16/h1-10,17-21H,11-14H2/t17-,18+/m0/s1. The summed E-state index contributed by atoms with van der Waals surface area (Å²) in [6.07, 6.45) is -0.848. The van der Waals surface area contributed by atoms with Gasteiger partial charge in [0.2, 0.25) is 0 Å². The summed E-state index contributed by atoms with van der Waals surface area (Å²) < 4.78 is 5.66. The van der Waals surface area contributed by atoms with Gasteiger partial charge >= 0.3 is 0 Å². The van der Waals surface area contributed by atoms with Crippen LogP contribution in [-0.4, -0.2) is 35.6 Å². The number of ether oxygens (including phenoxy) is 1. The van der Waals surface area contributed by atoms with E-state index >= 15 is 0 Å². The van der Waals surface area contributed by atoms with Crippen molar-refractivity contribution in [2.75, 3.05) is 13.2 Å². The fraction of sp³-hybridized carbons (Fsp3) is 0.333. The molecule has 0 amide bonds. The zero-order valence-corrected chi connectivity index (χ0v) is 12.6. The van der Waals surface area contributed by atoms with E-state index in [1.54, 1.807) is 0 Å². The van der Waals surface area contributed by atoms with Crippen LogP contribution in [0.5, 0.6) is 0 Å².